The van der Waals surface area contributed by atoms with Crippen LogP contribution in [0.3, 0.4) is 0 Å². The Morgan fingerprint density at radius 1 is 1.19 bits per heavy atom. The fourth-order valence-corrected chi connectivity index (χ4v) is 4.23. The van der Waals surface area contributed by atoms with Crippen molar-refractivity contribution in [3.05, 3.63) is 29.8 Å². The van der Waals surface area contributed by atoms with E-state index in [0.29, 0.717) is 32.8 Å². The first-order valence-electron chi connectivity index (χ1n) is 9.08. The number of anilines is 1. The molecular weight excluding hydrogens is 354 g/mol. The van der Waals surface area contributed by atoms with Gasteiger partial charge in [-0.15, -0.1) is 0 Å². The molecule has 7 nitrogen and oxygen atoms in total. The van der Waals surface area contributed by atoms with Crippen molar-refractivity contribution in [2.75, 3.05) is 63.6 Å². The number of rotatable bonds is 6. The quantitative estimate of drug-likeness (QED) is 0.720. The summed E-state index contributed by atoms with van der Waals surface area (Å²) in [5.74, 6) is -0.162. The predicted molar refractivity (Wildman–Crippen MR) is 101 cm³/mol. The number of hydrogen-bond acceptors (Lipinski definition) is 5. The smallest absolute Gasteiger partial charge is 0.242 e. The van der Waals surface area contributed by atoms with Gasteiger partial charge in [-0.1, -0.05) is 18.2 Å². The second-order valence-electron chi connectivity index (χ2n) is 6.83. The number of benzene rings is 1. The maximum Gasteiger partial charge on any atom is 0.242 e. The molecule has 0 atom stereocenters. The summed E-state index contributed by atoms with van der Waals surface area (Å²) >= 11 is 0. The van der Waals surface area contributed by atoms with Gasteiger partial charge in [0.15, 0.2) is 0 Å². The van der Waals surface area contributed by atoms with Crippen molar-refractivity contribution in [2.24, 2.45) is 0 Å². The first-order chi connectivity index (χ1) is 12.4. The number of nitrogens with zero attached hydrogens (tertiary/aromatic N) is 3. The molecule has 1 saturated heterocycles. The summed E-state index contributed by atoms with van der Waals surface area (Å²) < 4.78 is 31.0. The number of amides is 1. The van der Waals surface area contributed by atoms with Crippen molar-refractivity contribution in [2.45, 2.75) is 12.8 Å². The molecule has 0 aromatic heterocycles. The van der Waals surface area contributed by atoms with Crippen LogP contribution in [0.4, 0.5) is 5.69 Å². The average Bonchev–Trinajstić information content (AvgIpc) is 2.64. The zero-order valence-corrected chi connectivity index (χ0v) is 16.1. The highest BCUT2D eigenvalue weighted by Crippen LogP contribution is 2.26. The number of carbonyl (C=O) groups excluding carboxylic acids is 1. The second kappa shape index (κ2) is 8.47. The van der Waals surface area contributed by atoms with Crippen LogP contribution in [-0.2, 0) is 26.0 Å². The van der Waals surface area contributed by atoms with Gasteiger partial charge >= 0.3 is 0 Å². The van der Waals surface area contributed by atoms with Crippen LogP contribution in [0.1, 0.15) is 12.0 Å². The Hall–Kier alpha value is -1.48. The molecule has 0 saturated carbocycles. The lowest BCUT2D eigenvalue weighted by Gasteiger charge is -2.32. The SMILES string of the molecule is CS(=O)(=O)N(CCN1CCOCC1)CC(=O)N1CCCc2ccccc21. The largest absolute Gasteiger partial charge is 0.379 e. The first kappa shape index (κ1) is 19.3. The van der Waals surface area contributed by atoms with Crippen LogP contribution in [0.25, 0.3) is 0 Å². The number of morpholine rings is 1. The fraction of sp³-hybridized carbons (Fsp3) is 0.611. The third-order valence-electron chi connectivity index (χ3n) is 4.96. The molecule has 1 amide bonds. The van der Waals surface area contributed by atoms with Crippen molar-refractivity contribution in [3.63, 3.8) is 0 Å². The van der Waals surface area contributed by atoms with E-state index in [1.807, 2.05) is 24.3 Å². The van der Waals surface area contributed by atoms with Crippen molar-refractivity contribution in [3.8, 4) is 0 Å². The summed E-state index contributed by atoms with van der Waals surface area (Å²) in [7, 11) is -3.45. The topological polar surface area (TPSA) is 70.2 Å². The minimum absolute atomic E-state index is 0.114. The summed E-state index contributed by atoms with van der Waals surface area (Å²) in [5, 5.41) is 0. The molecule has 1 aromatic rings. The van der Waals surface area contributed by atoms with E-state index in [0.717, 1.165) is 37.2 Å². The molecule has 26 heavy (non-hydrogen) atoms. The van der Waals surface area contributed by atoms with E-state index in [1.165, 1.54) is 10.6 Å². The molecule has 0 aliphatic carbocycles. The van der Waals surface area contributed by atoms with Gasteiger partial charge in [-0.2, -0.15) is 4.31 Å². The number of carbonyl (C=O) groups is 1. The summed E-state index contributed by atoms with van der Waals surface area (Å²) in [6.07, 6.45) is 3.02. The molecule has 1 aromatic carbocycles. The van der Waals surface area contributed by atoms with Gasteiger partial charge in [0.25, 0.3) is 0 Å². The highest BCUT2D eigenvalue weighted by Gasteiger charge is 2.27. The predicted octanol–water partition coefficient (Wildman–Crippen LogP) is 0.560. The van der Waals surface area contributed by atoms with Crippen molar-refractivity contribution in [1.29, 1.82) is 0 Å². The van der Waals surface area contributed by atoms with E-state index in [1.54, 1.807) is 4.90 Å². The Balaban J connectivity index is 1.66. The van der Waals surface area contributed by atoms with E-state index >= 15 is 0 Å². The number of fused-ring (bicyclic) bond motifs is 1. The normalized spacial score (nSPS) is 18.8. The fourth-order valence-electron chi connectivity index (χ4n) is 3.47. The van der Waals surface area contributed by atoms with Crippen LogP contribution < -0.4 is 4.90 Å². The van der Waals surface area contributed by atoms with Gasteiger partial charge in [-0.05, 0) is 24.5 Å². The number of aryl methyl sites for hydroxylation is 1. The van der Waals surface area contributed by atoms with E-state index in [4.69, 9.17) is 4.74 Å². The van der Waals surface area contributed by atoms with Crippen LogP contribution in [0, 0.1) is 0 Å². The lowest BCUT2D eigenvalue weighted by molar-refractivity contribution is -0.119. The Morgan fingerprint density at radius 3 is 2.65 bits per heavy atom. The van der Waals surface area contributed by atoms with Gasteiger partial charge in [0.2, 0.25) is 15.9 Å². The van der Waals surface area contributed by atoms with Gasteiger partial charge < -0.3 is 9.64 Å². The molecule has 0 N–H and O–H groups in total. The highest BCUT2D eigenvalue weighted by molar-refractivity contribution is 7.88. The molecule has 2 aliphatic rings. The molecule has 0 bridgehead atoms. The molecule has 0 radical (unpaired) electrons. The Morgan fingerprint density at radius 2 is 1.92 bits per heavy atom. The molecule has 144 valence electrons. The number of para-hydroxylation sites is 1. The molecule has 2 aliphatic heterocycles. The molecule has 0 spiro atoms. The first-order valence-corrected chi connectivity index (χ1v) is 10.9. The van der Waals surface area contributed by atoms with E-state index in [9.17, 15) is 13.2 Å². The van der Waals surface area contributed by atoms with Gasteiger partial charge in [0.05, 0.1) is 26.0 Å². The zero-order valence-electron chi connectivity index (χ0n) is 15.3. The second-order valence-corrected chi connectivity index (χ2v) is 8.81. The van der Waals surface area contributed by atoms with Crippen LogP contribution in [0.15, 0.2) is 24.3 Å². The van der Waals surface area contributed by atoms with Crippen molar-refractivity contribution in [1.82, 2.24) is 9.21 Å². The van der Waals surface area contributed by atoms with E-state index in [2.05, 4.69) is 4.90 Å². The maximum atomic E-state index is 12.9. The highest BCUT2D eigenvalue weighted by atomic mass is 32.2. The van der Waals surface area contributed by atoms with E-state index < -0.39 is 10.0 Å². The van der Waals surface area contributed by atoms with Crippen molar-refractivity contribution < 1.29 is 17.9 Å². The monoisotopic (exact) mass is 381 g/mol. The Labute approximate surface area is 155 Å². The zero-order chi connectivity index (χ0) is 18.6. The third-order valence-corrected chi connectivity index (χ3v) is 6.21. The molecule has 8 heteroatoms. The van der Waals surface area contributed by atoms with Crippen LogP contribution in [0.2, 0.25) is 0 Å². The van der Waals surface area contributed by atoms with E-state index in [-0.39, 0.29) is 12.5 Å². The summed E-state index contributed by atoms with van der Waals surface area (Å²) in [5.41, 5.74) is 2.05. The molecule has 3 rings (SSSR count). The summed E-state index contributed by atoms with van der Waals surface area (Å²) in [6, 6.07) is 7.85. The van der Waals surface area contributed by atoms with Gasteiger partial charge in [-0.25, -0.2) is 8.42 Å². The summed E-state index contributed by atoms with van der Waals surface area (Å²) in [4.78, 5) is 16.8. The molecule has 1 fully saturated rings. The summed E-state index contributed by atoms with van der Waals surface area (Å²) in [6.45, 7) is 4.38. The molecule has 0 unspecified atom stereocenters. The third kappa shape index (κ3) is 4.82. The van der Waals surface area contributed by atoms with Crippen LogP contribution in [-0.4, -0.2) is 82.3 Å². The lowest BCUT2D eigenvalue weighted by atomic mass is 10.0. The van der Waals surface area contributed by atoms with Crippen LogP contribution >= 0.6 is 0 Å². The molecular formula is C18H27N3O4S. The van der Waals surface area contributed by atoms with Gasteiger partial charge in [0, 0.05) is 38.4 Å². The minimum Gasteiger partial charge on any atom is -0.379 e. The molecule has 2 heterocycles. The van der Waals surface area contributed by atoms with Gasteiger partial charge in [0.1, 0.15) is 0 Å². The lowest BCUT2D eigenvalue weighted by Crippen LogP contribution is -2.47. The van der Waals surface area contributed by atoms with Crippen LogP contribution in [0.5, 0.6) is 0 Å². The Bertz CT molecular complexity index is 732. The standard InChI is InChI=1S/C18H27N3O4S/c1-26(23,24)20(10-9-19-11-13-25-14-12-19)15-18(22)21-8-4-6-16-5-2-3-7-17(16)21/h2-3,5,7H,4,6,8-15H2,1H3. The number of hydrogen-bond donors (Lipinski definition) is 0. The minimum atomic E-state index is -3.45. The Kier molecular flexibility index (Phi) is 6.29. The average molecular weight is 381 g/mol. The maximum absolute atomic E-state index is 12.9. The van der Waals surface area contributed by atoms with Gasteiger partial charge in [-0.3, -0.25) is 9.69 Å². The number of ether oxygens (including phenoxy) is 1. The number of sulfonamides is 1. The van der Waals surface area contributed by atoms with Crippen molar-refractivity contribution >= 4 is 21.6 Å².